The van der Waals surface area contributed by atoms with Crippen LogP contribution in [0.2, 0.25) is 0 Å². The van der Waals surface area contributed by atoms with Crippen LogP contribution in [0.4, 0.5) is 5.95 Å². The number of anilines is 1. The average Bonchev–Trinajstić information content (AvgIpc) is 2.87. The summed E-state index contributed by atoms with van der Waals surface area (Å²) >= 11 is 2.10. The number of nitrogens with one attached hydrogen (secondary N) is 1. The van der Waals surface area contributed by atoms with Crippen LogP contribution in [0.25, 0.3) is 0 Å². The highest BCUT2D eigenvalue weighted by molar-refractivity contribution is 8.00. The third-order valence-electron chi connectivity index (χ3n) is 2.81. The summed E-state index contributed by atoms with van der Waals surface area (Å²) in [5.41, 5.74) is 0. The molecule has 0 radical (unpaired) electrons. The number of thioether (sulfide) groups is 1. The highest BCUT2D eigenvalue weighted by Crippen LogP contribution is 2.28. The van der Waals surface area contributed by atoms with E-state index < -0.39 is 0 Å². The van der Waals surface area contributed by atoms with Crippen LogP contribution >= 0.6 is 11.8 Å². The summed E-state index contributed by atoms with van der Waals surface area (Å²) in [5.74, 6) is 3.01. The second-order valence-electron chi connectivity index (χ2n) is 4.81. The first-order valence-electron chi connectivity index (χ1n) is 6.12. The molecule has 1 aliphatic heterocycles. The smallest absolute Gasteiger partial charge is 0.202 e. The second-order valence-corrected chi connectivity index (χ2v) is 6.22. The number of hydrogen-bond donors (Lipinski definition) is 1. The summed E-state index contributed by atoms with van der Waals surface area (Å²) in [4.78, 5) is 4.37. The third-order valence-corrected chi connectivity index (χ3v) is 4.19. The zero-order valence-corrected chi connectivity index (χ0v) is 11.0. The van der Waals surface area contributed by atoms with Crippen molar-refractivity contribution in [2.45, 2.75) is 38.5 Å². The van der Waals surface area contributed by atoms with Crippen LogP contribution in [0.1, 0.15) is 26.7 Å². The fourth-order valence-electron chi connectivity index (χ4n) is 1.93. The number of nitrogens with zero attached hydrogens (tertiary/aromatic N) is 2. The van der Waals surface area contributed by atoms with Gasteiger partial charge in [-0.1, -0.05) is 13.8 Å². The molecule has 1 saturated heterocycles. The molecule has 1 aromatic rings. The fourth-order valence-corrected chi connectivity index (χ4v) is 3.19. The lowest BCUT2D eigenvalue weighted by Gasteiger charge is -2.14. The molecule has 0 aromatic carbocycles. The Morgan fingerprint density at radius 3 is 3.19 bits per heavy atom. The van der Waals surface area contributed by atoms with Crippen molar-refractivity contribution < 1.29 is 0 Å². The minimum absolute atomic E-state index is 0.658. The van der Waals surface area contributed by atoms with Crippen molar-refractivity contribution in [3.05, 3.63) is 12.4 Å². The van der Waals surface area contributed by atoms with Crippen LogP contribution in [0.5, 0.6) is 0 Å². The lowest BCUT2D eigenvalue weighted by Crippen LogP contribution is -2.16. The van der Waals surface area contributed by atoms with E-state index in [0.717, 1.165) is 24.3 Å². The Labute approximate surface area is 102 Å². The van der Waals surface area contributed by atoms with Crippen LogP contribution in [-0.2, 0) is 6.54 Å². The standard InChI is InChI=1S/C12H21N3S/c1-10(2)8-14-12-13-5-6-15(12)9-11-4-3-7-16-11/h5-6,10-11H,3-4,7-9H2,1-2H3,(H,13,14). The summed E-state index contributed by atoms with van der Waals surface area (Å²) in [6.45, 7) is 6.53. The number of aromatic nitrogens is 2. The van der Waals surface area contributed by atoms with Gasteiger partial charge in [0.25, 0.3) is 0 Å². The zero-order valence-electron chi connectivity index (χ0n) is 10.1. The molecule has 1 aromatic heterocycles. The maximum Gasteiger partial charge on any atom is 0.202 e. The predicted molar refractivity (Wildman–Crippen MR) is 71.0 cm³/mol. The molecule has 1 unspecified atom stereocenters. The van der Waals surface area contributed by atoms with Gasteiger partial charge in [0, 0.05) is 30.7 Å². The minimum Gasteiger partial charge on any atom is -0.355 e. The molecular weight excluding hydrogens is 218 g/mol. The Morgan fingerprint density at radius 2 is 2.50 bits per heavy atom. The molecule has 90 valence electrons. The SMILES string of the molecule is CC(C)CNc1nccn1CC1CCCS1. The Hall–Kier alpha value is -0.640. The van der Waals surface area contributed by atoms with Crippen LogP contribution in [0.15, 0.2) is 12.4 Å². The van der Waals surface area contributed by atoms with Gasteiger partial charge in [-0.3, -0.25) is 0 Å². The quantitative estimate of drug-likeness (QED) is 0.857. The van der Waals surface area contributed by atoms with E-state index in [0.29, 0.717) is 5.92 Å². The Balaban J connectivity index is 1.90. The van der Waals surface area contributed by atoms with E-state index in [2.05, 4.69) is 46.7 Å². The Bertz CT molecular complexity index is 316. The highest BCUT2D eigenvalue weighted by atomic mass is 32.2. The third kappa shape index (κ3) is 3.17. The van der Waals surface area contributed by atoms with Gasteiger partial charge in [0.1, 0.15) is 0 Å². The zero-order chi connectivity index (χ0) is 11.4. The molecule has 0 spiro atoms. The first-order chi connectivity index (χ1) is 7.75. The maximum absolute atomic E-state index is 4.37. The molecule has 0 aliphatic carbocycles. The molecule has 2 heterocycles. The molecule has 1 fully saturated rings. The van der Waals surface area contributed by atoms with E-state index in [1.54, 1.807) is 0 Å². The number of hydrogen-bond acceptors (Lipinski definition) is 3. The van der Waals surface area contributed by atoms with Gasteiger partial charge in [-0.2, -0.15) is 11.8 Å². The van der Waals surface area contributed by atoms with Crippen molar-refractivity contribution in [3.63, 3.8) is 0 Å². The summed E-state index contributed by atoms with van der Waals surface area (Å²) in [6.07, 6.45) is 6.70. The van der Waals surface area contributed by atoms with E-state index >= 15 is 0 Å². The number of imidazole rings is 1. The molecule has 3 nitrogen and oxygen atoms in total. The Kier molecular flexibility index (Phi) is 4.16. The van der Waals surface area contributed by atoms with E-state index in [9.17, 15) is 0 Å². The molecule has 0 bridgehead atoms. The average molecular weight is 239 g/mol. The summed E-state index contributed by atoms with van der Waals surface area (Å²) in [5, 5.41) is 4.20. The van der Waals surface area contributed by atoms with Crippen molar-refractivity contribution >= 4 is 17.7 Å². The van der Waals surface area contributed by atoms with Gasteiger partial charge in [0.05, 0.1) is 0 Å². The molecule has 0 saturated carbocycles. The van der Waals surface area contributed by atoms with Crippen LogP contribution in [-0.4, -0.2) is 27.1 Å². The molecule has 1 N–H and O–H groups in total. The molecule has 1 atom stereocenters. The predicted octanol–water partition coefficient (Wildman–Crippen LogP) is 2.85. The normalized spacial score (nSPS) is 20.6. The molecule has 0 amide bonds. The van der Waals surface area contributed by atoms with Crippen molar-refractivity contribution in [2.75, 3.05) is 17.6 Å². The van der Waals surface area contributed by atoms with Crippen molar-refractivity contribution in [1.82, 2.24) is 9.55 Å². The van der Waals surface area contributed by atoms with E-state index in [1.165, 1.54) is 18.6 Å². The van der Waals surface area contributed by atoms with Gasteiger partial charge in [0.15, 0.2) is 0 Å². The van der Waals surface area contributed by atoms with Gasteiger partial charge >= 0.3 is 0 Å². The van der Waals surface area contributed by atoms with E-state index in [1.807, 2.05) is 6.20 Å². The summed E-state index contributed by atoms with van der Waals surface area (Å²) in [6, 6.07) is 0. The van der Waals surface area contributed by atoms with Crippen LogP contribution < -0.4 is 5.32 Å². The van der Waals surface area contributed by atoms with Gasteiger partial charge in [-0.05, 0) is 24.5 Å². The van der Waals surface area contributed by atoms with E-state index in [-0.39, 0.29) is 0 Å². The molecule has 2 rings (SSSR count). The van der Waals surface area contributed by atoms with Crippen molar-refractivity contribution in [3.8, 4) is 0 Å². The van der Waals surface area contributed by atoms with Gasteiger partial charge in [-0.25, -0.2) is 4.98 Å². The summed E-state index contributed by atoms with van der Waals surface area (Å²) in [7, 11) is 0. The highest BCUT2D eigenvalue weighted by Gasteiger charge is 2.17. The van der Waals surface area contributed by atoms with Gasteiger partial charge < -0.3 is 9.88 Å². The maximum atomic E-state index is 4.37. The lowest BCUT2D eigenvalue weighted by molar-refractivity contribution is 0.630. The first kappa shape index (κ1) is 11.8. The largest absolute Gasteiger partial charge is 0.355 e. The number of rotatable bonds is 5. The minimum atomic E-state index is 0.658. The summed E-state index contributed by atoms with van der Waals surface area (Å²) < 4.78 is 2.26. The van der Waals surface area contributed by atoms with Crippen molar-refractivity contribution in [1.29, 1.82) is 0 Å². The van der Waals surface area contributed by atoms with Crippen molar-refractivity contribution in [2.24, 2.45) is 5.92 Å². The van der Waals surface area contributed by atoms with Crippen LogP contribution in [0.3, 0.4) is 0 Å². The monoisotopic (exact) mass is 239 g/mol. The molecule has 1 aliphatic rings. The lowest BCUT2D eigenvalue weighted by atomic mass is 10.2. The van der Waals surface area contributed by atoms with Crippen LogP contribution in [0, 0.1) is 5.92 Å². The molecule has 4 heteroatoms. The Morgan fingerprint density at radius 1 is 1.62 bits per heavy atom. The molecule has 16 heavy (non-hydrogen) atoms. The van der Waals surface area contributed by atoms with E-state index in [4.69, 9.17) is 0 Å². The molecular formula is C12H21N3S. The topological polar surface area (TPSA) is 29.9 Å². The first-order valence-corrected chi connectivity index (χ1v) is 7.17. The van der Waals surface area contributed by atoms with Gasteiger partial charge in [0.2, 0.25) is 5.95 Å². The van der Waals surface area contributed by atoms with Gasteiger partial charge in [-0.15, -0.1) is 0 Å². The second kappa shape index (κ2) is 5.62. The fraction of sp³-hybridized carbons (Fsp3) is 0.750.